The second-order valence-corrected chi connectivity index (χ2v) is 3.59. The van der Waals surface area contributed by atoms with Crippen molar-refractivity contribution in [3.05, 3.63) is 12.2 Å². The molecule has 0 bridgehead atoms. The van der Waals surface area contributed by atoms with Crippen LogP contribution in [0.1, 0.15) is 25.7 Å². The molecule has 2 N–H and O–H groups in total. The Hall–Kier alpha value is -1.32. The highest BCUT2D eigenvalue weighted by Crippen LogP contribution is 2.22. The summed E-state index contributed by atoms with van der Waals surface area (Å²) in [6.07, 6.45) is 5.48. The number of rotatable bonds is 2. The highest BCUT2D eigenvalue weighted by Gasteiger charge is 2.23. The van der Waals surface area contributed by atoms with E-state index in [0.717, 1.165) is 0 Å². The molecule has 1 rings (SSSR count). The first-order valence-electron chi connectivity index (χ1n) is 4.72. The Labute approximate surface area is 82.2 Å². The molecule has 4 nitrogen and oxygen atoms in total. The number of allylic oxidation sites excluding steroid dienone is 2. The number of hydrogen-bond donors (Lipinski definition) is 2. The van der Waals surface area contributed by atoms with Crippen LogP contribution in [0.2, 0.25) is 0 Å². The van der Waals surface area contributed by atoms with Crippen LogP contribution in [0.3, 0.4) is 0 Å². The Kier molecular flexibility index (Phi) is 3.68. The topological polar surface area (TPSA) is 74.6 Å². The van der Waals surface area contributed by atoms with Crippen LogP contribution < -0.4 is 0 Å². The van der Waals surface area contributed by atoms with Crippen LogP contribution in [-0.4, -0.2) is 22.2 Å². The van der Waals surface area contributed by atoms with Crippen molar-refractivity contribution in [3.63, 3.8) is 0 Å². The summed E-state index contributed by atoms with van der Waals surface area (Å²) < 4.78 is 0. The van der Waals surface area contributed by atoms with E-state index < -0.39 is 23.8 Å². The van der Waals surface area contributed by atoms with Crippen LogP contribution >= 0.6 is 0 Å². The highest BCUT2D eigenvalue weighted by atomic mass is 16.4. The van der Waals surface area contributed by atoms with Crippen molar-refractivity contribution >= 4 is 11.9 Å². The molecule has 0 heterocycles. The van der Waals surface area contributed by atoms with Crippen molar-refractivity contribution in [2.75, 3.05) is 0 Å². The first-order chi connectivity index (χ1) is 6.61. The Morgan fingerprint density at radius 1 is 0.929 bits per heavy atom. The van der Waals surface area contributed by atoms with Crippen LogP contribution in [0.25, 0.3) is 0 Å². The number of carbonyl (C=O) groups is 2. The summed E-state index contributed by atoms with van der Waals surface area (Å²) in [6.45, 7) is 0. The van der Waals surface area contributed by atoms with Crippen molar-refractivity contribution in [1.82, 2.24) is 0 Å². The Morgan fingerprint density at radius 2 is 1.29 bits per heavy atom. The van der Waals surface area contributed by atoms with Gasteiger partial charge in [0.2, 0.25) is 0 Å². The van der Waals surface area contributed by atoms with Gasteiger partial charge in [-0.2, -0.15) is 0 Å². The van der Waals surface area contributed by atoms with E-state index in [0.29, 0.717) is 25.7 Å². The third-order valence-corrected chi connectivity index (χ3v) is 2.57. The summed E-state index contributed by atoms with van der Waals surface area (Å²) in [5, 5.41) is 17.6. The quantitative estimate of drug-likeness (QED) is 0.659. The lowest BCUT2D eigenvalue weighted by Gasteiger charge is -2.16. The third kappa shape index (κ3) is 2.87. The number of aliphatic carboxylic acids is 2. The van der Waals surface area contributed by atoms with Gasteiger partial charge in [-0.3, -0.25) is 9.59 Å². The lowest BCUT2D eigenvalue weighted by molar-refractivity contribution is -0.145. The van der Waals surface area contributed by atoms with Gasteiger partial charge in [-0.15, -0.1) is 0 Å². The van der Waals surface area contributed by atoms with E-state index in [1.807, 2.05) is 0 Å². The van der Waals surface area contributed by atoms with E-state index in [9.17, 15) is 9.59 Å². The normalized spacial score (nSPS) is 30.0. The largest absolute Gasteiger partial charge is 0.481 e. The smallest absolute Gasteiger partial charge is 0.306 e. The lowest BCUT2D eigenvalue weighted by Crippen LogP contribution is -2.19. The van der Waals surface area contributed by atoms with Crippen LogP contribution in [0.4, 0.5) is 0 Å². The molecule has 4 heteroatoms. The van der Waals surface area contributed by atoms with E-state index in [2.05, 4.69) is 0 Å². The maximum Gasteiger partial charge on any atom is 0.306 e. The fourth-order valence-corrected chi connectivity index (χ4v) is 1.61. The van der Waals surface area contributed by atoms with Crippen LogP contribution in [0.15, 0.2) is 12.2 Å². The number of carboxylic acid groups (broad SMARTS) is 2. The standard InChI is InChI=1S/C10H14O4/c11-9(12)7-3-1-2-4-8(6-5-7)10(13)14/h1-2,7-8H,3-6H2,(H,11,12)(H,13,14)/b2-1-. The highest BCUT2D eigenvalue weighted by molar-refractivity contribution is 5.72. The molecule has 14 heavy (non-hydrogen) atoms. The Balaban J connectivity index is 2.60. The molecule has 0 fully saturated rings. The van der Waals surface area contributed by atoms with Crippen LogP contribution in [0, 0.1) is 11.8 Å². The Morgan fingerprint density at radius 3 is 1.57 bits per heavy atom. The van der Waals surface area contributed by atoms with Gasteiger partial charge < -0.3 is 10.2 Å². The first kappa shape index (κ1) is 10.8. The molecule has 2 unspecified atom stereocenters. The molecule has 0 aliphatic heterocycles. The summed E-state index contributed by atoms with van der Waals surface area (Å²) in [7, 11) is 0. The molecule has 0 saturated heterocycles. The molecule has 1 aliphatic carbocycles. The molecular formula is C10H14O4. The second kappa shape index (κ2) is 4.79. The van der Waals surface area contributed by atoms with Gasteiger partial charge in [-0.1, -0.05) is 12.2 Å². The molecule has 0 aromatic carbocycles. The van der Waals surface area contributed by atoms with Crippen molar-refractivity contribution in [2.45, 2.75) is 25.7 Å². The molecule has 0 amide bonds. The lowest BCUT2D eigenvalue weighted by atomic mass is 9.89. The predicted octanol–water partition coefficient (Wildman–Crippen LogP) is 1.52. The van der Waals surface area contributed by atoms with Crippen molar-refractivity contribution < 1.29 is 19.8 Å². The first-order valence-corrected chi connectivity index (χ1v) is 4.72. The van der Waals surface area contributed by atoms with Gasteiger partial charge in [-0.05, 0) is 25.7 Å². The van der Waals surface area contributed by atoms with Crippen molar-refractivity contribution in [1.29, 1.82) is 0 Å². The summed E-state index contributed by atoms with van der Waals surface area (Å²) >= 11 is 0. The average molecular weight is 198 g/mol. The van der Waals surface area contributed by atoms with Gasteiger partial charge in [0.15, 0.2) is 0 Å². The molecule has 0 aromatic rings. The zero-order chi connectivity index (χ0) is 10.6. The zero-order valence-electron chi connectivity index (χ0n) is 7.85. The van der Waals surface area contributed by atoms with Gasteiger partial charge in [-0.25, -0.2) is 0 Å². The van der Waals surface area contributed by atoms with Gasteiger partial charge in [0, 0.05) is 0 Å². The molecule has 0 aromatic heterocycles. The summed E-state index contributed by atoms with van der Waals surface area (Å²) in [6, 6.07) is 0. The van der Waals surface area contributed by atoms with E-state index in [1.54, 1.807) is 12.2 Å². The monoisotopic (exact) mass is 198 g/mol. The summed E-state index contributed by atoms with van der Waals surface area (Å²) in [5.41, 5.74) is 0. The fraction of sp³-hybridized carbons (Fsp3) is 0.600. The molecule has 0 radical (unpaired) electrons. The molecule has 2 atom stereocenters. The van der Waals surface area contributed by atoms with E-state index in [4.69, 9.17) is 10.2 Å². The average Bonchev–Trinajstić information content (AvgIpc) is 2.01. The zero-order valence-corrected chi connectivity index (χ0v) is 7.85. The van der Waals surface area contributed by atoms with Crippen molar-refractivity contribution in [2.24, 2.45) is 11.8 Å². The second-order valence-electron chi connectivity index (χ2n) is 3.59. The number of carboxylic acids is 2. The Bertz CT molecular complexity index is 231. The predicted molar refractivity (Wildman–Crippen MR) is 49.9 cm³/mol. The number of hydrogen-bond acceptors (Lipinski definition) is 2. The van der Waals surface area contributed by atoms with Gasteiger partial charge in [0.05, 0.1) is 11.8 Å². The van der Waals surface area contributed by atoms with Gasteiger partial charge >= 0.3 is 11.9 Å². The van der Waals surface area contributed by atoms with Crippen molar-refractivity contribution in [3.8, 4) is 0 Å². The maximum atomic E-state index is 10.7. The van der Waals surface area contributed by atoms with E-state index >= 15 is 0 Å². The molecular weight excluding hydrogens is 184 g/mol. The molecule has 0 spiro atoms. The minimum Gasteiger partial charge on any atom is -0.481 e. The van der Waals surface area contributed by atoms with E-state index in [1.165, 1.54) is 0 Å². The maximum absolute atomic E-state index is 10.7. The summed E-state index contributed by atoms with van der Waals surface area (Å²) in [5.74, 6) is -2.51. The molecule has 78 valence electrons. The SMILES string of the molecule is O=C(O)C1C/C=C\CC(C(=O)O)CC1. The minimum absolute atomic E-state index is 0.423. The molecule has 1 aliphatic rings. The van der Waals surface area contributed by atoms with Gasteiger partial charge in [0.1, 0.15) is 0 Å². The summed E-state index contributed by atoms with van der Waals surface area (Å²) in [4.78, 5) is 21.4. The minimum atomic E-state index is -0.833. The third-order valence-electron chi connectivity index (χ3n) is 2.57. The fourth-order valence-electron chi connectivity index (χ4n) is 1.61. The van der Waals surface area contributed by atoms with Gasteiger partial charge in [0.25, 0.3) is 0 Å². The van der Waals surface area contributed by atoms with E-state index in [-0.39, 0.29) is 0 Å². The molecule has 0 saturated carbocycles. The van der Waals surface area contributed by atoms with Crippen LogP contribution in [0.5, 0.6) is 0 Å². The van der Waals surface area contributed by atoms with Crippen LogP contribution in [-0.2, 0) is 9.59 Å².